The second-order valence-corrected chi connectivity index (χ2v) is 4.93. The molecule has 0 unspecified atom stereocenters. The van der Waals surface area contributed by atoms with Crippen LogP contribution >= 0.6 is 0 Å². The zero-order chi connectivity index (χ0) is 15.0. The van der Waals surface area contributed by atoms with Gasteiger partial charge in [-0.05, 0) is 28.1 Å². The normalized spacial score (nSPS) is 10.7. The molecule has 0 aromatic heterocycles. The molecule has 0 bridgehead atoms. The Balaban J connectivity index is 0.000000298. The van der Waals surface area contributed by atoms with Crippen LogP contribution in [-0.4, -0.2) is 16.2 Å². The first-order valence-electron chi connectivity index (χ1n) is 6.63. The van der Waals surface area contributed by atoms with Gasteiger partial charge in [-0.1, -0.05) is 48.5 Å². The number of aromatic hydroxyl groups is 1. The summed E-state index contributed by atoms with van der Waals surface area (Å²) in [5, 5.41) is 19.9. The fourth-order valence-corrected chi connectivity index (χ4v) is 2.80. The fraction of sp³-hybridized carbons (Fsp3) is 0.0556. The zero-order valence-corrected chi connectivity index (χ0v) is 11.5. The molecule has 3 nitrogen and oxygen atoms in total. The van der Waals surface area contributed by atoms with Gasteiger partial charge in [0.05, 0.1) is 0 Å². The summed E-state index contributed by atoms with van der Waals surface area (Å²) in [4.78, 5) is 9.00. The van der Waals surface area contributed by atoms with Gasteiger partial charge in [0.25, 0.3) is 5.97 Å². The van der Waals surface area contributed by atoms with E-state index >= 15 is 0 Å². The van der Waals surface area contributed by atoms with Crippen LogP contribution < -0.4 is 0 Å². The molecule has 0 radical (unpaired) electrons. The standard InChI is InChI=1S/C16H10O.C2H4O2/c17-14-9-8-10-4-3-7-12-11-5-1-2-6-13(11)16(14)15(10)12;1-2(3)4/h1-9,17H;1H3,(H,3,4). The molecule has 0 spiro atoms. The number of carboxylic acids is 1. The molecule has 104 valence electrons. The van der Waals surface area contributed by atoms with Crippen molar-refractivity contribution in [2.45, 2.75) is 6.92 Å². The average Bonchev–Trinajstić information content (AvgIpc) is 2.79. The molecule has 21 heavy (non-hydrogen) atoms. The maximum atomic E-state index is 10.1. The minimum absolute atomic E-state index is 0.370. The van der Waals surface area contributed by atoms with E-state index in [1.54, 1.807) is 6.07 Å². The van der Waals surface area contributed by atoms with Crippen LogP contribution in [0, 0.1) is 0 Å². The predicted molar refractivity (Wildman–Crippen MR) is 83.4 cm³/mol. The molecule has 0 saturated carbocycles. The lowest BCUT2D eigenvalue weighted by Gasteiger charge is -2.04. The van der Waals surface area contributed by atoms with Crippen molar-refractivity contribution >= 4 is 16.7 Å². The third-order valence-corrected chi connectivity index (χ3v) is 3.51. The van der Waals surface area contributed by atoms with E-state index in [0.717, 1.165) is 18.1 Å². The summed E-state index contributed by atoms with van der Waals surface area (Å²) < 4.78 is 0. The van der Waals surface area contributed by atoms with Crippen LogP contribution in [-0.2, 0) is 4.79 Å². The minimum Gasteiger partial charge on any atom is -0.507 e. The van der Waals surface area contributed by atoms with Gasteiger partial charge in [0.1, 0.15) is 5.75 Å². The molecule has 4 rings (SSSR count). The summed E-state index contributed by atoms with van der Waals surface area (Å²) >= 11 is 0. The Kier molecular flexibility index (Phi) is 3.10. The Hall–Kier alpha value is -2.81. The average molecular weight is 278 g/mol. The number of hydrogen-bond donors (Lipinski definition) is 2. The molecule has 0 atom stereocenters. The van der Waals surface area contributed by atoms with Crippen LogP contribution in [0.15, 0.2) is 54.6 Å². The molecule has 0 amide bonds. The maximum Gasteiger partial charge on any atom is 0.300 e. The Labute approximate surface area is 122 Å². The van der Waals surface area contributed by atoms with Crippen molar-refractivity contribution in [3.05, 3.63) is 54.6 Å². The smallest absolute Gasteiger partial charge is 0.300 e. The number of phenols is 1. The predicted octanol–water partition coefficient (Wildman–Crippen LogP) is 4.28. The Morgan fingerprint density at radius 3 is 2.19 bits per heavy atom. The topological polar surface area (TPSA) is 57.5 Å². The number of carboxylic acid groups (broad SMARTS) is 1. The number of phenolic OH excluding ortho intramolecular Hbond substituents is 1. The molecule has 1 aliphatic carbocycles. The second-order valence-electron chi connectivity index (χ2n) is 4.93. The molecule has 2 N–H and O–H groups in total. The number of carbonyl (C=O) groups is 1. The van der Waals surface area contributed by atoms with Crippen molar-refractivity contribution < 1.29 is 15.0 Å². The van der Waals surface area contributed by atoms with Crippen LogP contribution in [0.5, 0.6) is 5.75 Å². The van der Waals surface area contributed by atoms with Gasteiger partial charge in [0, 0.05) is 17.9 Å². The number of benzene rings is 3. The fourth-order valence-electron chi connectivity index (χ4n) is 2.80. The van der Waals surface area contributed by atoms with E-state index in [9.17, 15) is 5.11 Å². The van der Waals surface area contributed by atoms with E-state index in [0.29, 0.717) is 5.75 Å². The summed E-state index contributed by atoms with van der Waals surface area (Å²) in [6.45, 7) is 1.08. The Morgan fingerprint density at radius 1 is 0.857 bits per heavy atom. The molecular weight excluding hydrogens is 264 g/mol. The van der Waals surface area contributed by atoms with Gasteiger partial charge in [-0.3, -0.25) is 4.79 Å². The van der Waals surface area contributed by atoms with Crippen molar-refractivity contribution in [2.75, 3.05) is 0 Å². The van der Waals surface area contributed by atoms with Crippen LogP contribution in [0.3, 0.4) is 0 Å². The maximum absolute atomic E-state index is 10.1. The van der Waals surface area contributed by atoms with Crippen molar-refractivity contribution in [3.63, 3.8) is 0 Å². The molecule has 0 heterocycles. The lowest BCUT2D eigenvalue weighted by Crippen LogP contribution is -1.78. The molecule has 1 aliphatic rings. The Bertz CT molecular complexity index is 846. The van der Waals surface area contributed by atoms with Gasteiger partial charge < -0.3 is 10.2 Å². The summed E-state index contributed by atoms with van der Waals surface area (Å²) in [5.74, 6) is -0.463. The number of hydrogen-bond acceptors (Lipinski definition) is 2. The molecule has 0 saturated heterocycles. The van der Waals surface area contributed by atoms with Gasteiger partial charge in [0.2, 0.25) is 0 Å². The zero-order valence-electron chi connectivity index (χ0n) is 11.5. The molecule has 3 aromatic carbocycles. The van der Waals surface area contributed by atoms with Crippen LogP contribution in [0.1, 0.15) is 6.92 Å². The SMILES string of the molecule is CC(=O)O.Oc1ccc2cccc3c2c1-c1ccccc1-3. The summed E-state index contributed by atoms with van der Waals surface area (Å²) in [7, 11) is 0. The first-order chi connectivity index (χ1) is 10.1. The summed E-state index contributed by atoms with van der Waals surface area (Å²) in [6.07, 6.45) is 0. The van der Waals surface area contributed by atoms with Gasteiger partial charge >= 0.3 is 0 Å². The first-order valence-corrected chi connectivity index (χ1v) is 6.63. The number of aliphatic carboxylic acids is 1. The summed E-state index contributed by atoms with van der Waals surface area (Å²) in [5.41, 5.74) is 4.56. The highest BCUT2D eigenvalue weighted by Gasteiger charge is 2.22. The van der Waals surface area contributed by atoms with E-state index in [-0.39, 0.29) is 0 Å². The monoisotopic (exact) mass is 278 g/mol. The molecule has 3 heteroatoms. The highest BCUT2D eigenvalue weighted by Crippen LogP contribution is 2.50. The third-order valence-electron chi connectivity index (χ3n) is 3.51. The molecule has 0 fully saturated rings. The van der Waals surface area contributed by atoms with Crippen molar-refractivity contribution in [3.8, 4) is 28.0 Å². The van der Waals surface area contributed by atoms with Crippen LogP contribution in [0.4, 0.5) is 0 Å². The summed E-state index contributed by atoms with van der Waals surface area (Å²) in [6, 6.07) is 18.3. The van der Waals surface area contributed by atoms with Gasteiger partial charge in [0.15, 0.2) is 0 Å². The van der Waals surface area contributed by atoms with E-state index in [1.165, 1.54) is 21.9 Å². The van der Waals surface area contributed by atoms with Crippen LogP contribution in [0.25, 0.3) is 33.0 Å². The van der Waals surface area contributed by atoms with Gasteiger partial charge in [-0.25, -0.2) is 0 Å². The van der Waals surface area contributed by atoms with Gasteiger partial charge in [-0.15, -0.1) is 0 Å². The number of fused-ring (bicyclic) bond motifs is 3. The highest BCUT2D eigenvalue weighted by molar-refractivity contribution is 6.16. The quantitative estimate of drug-likeness (QED) is 0.504. The minimum atomic E-state index is -0.833. The second kappa shape index (κ2) is 4.94. The van der Waals surface area contributed by atoms with E-state index in [4.69, 9.17) is 9.90 Å². The highest BCUT2D eigenvalue weighted by atomic mass is 16.4. The van der Waals surface area contributed by atoms with Gasteiger partial charge in [-0.2, -0.15) is 0 Å². The van der Waals surface area contributed by atoms with Crippen molar-refractivity contribution in [1.82, 2.24) is 0 Å². The lowest BCUT2D eigenvalue weighted by atomic mass is 10.0. The molecular formula is C18H14O3. The Morgan fingerprint density at radius 2 is 1.48 bits per heavy atom. The van der Waals surface area contributed by atoms with Crippen molar-refractivity contribution in [1.29, 1.82) is 0 Å². The third kappa shape index (κ3) is 2.13. The van der Waals surface area contributed by atoms with E-state index in [2.05, 4.69) is 30.3 Å². The largest absolute Gasteiger partial charge is 0.507 e. The lowest BCUT2D eigenvalue weighted by molar-refractivity contribution is -0.134. The molecule has 0 aliphatic heterocycles. The first kappa shape index (κ1) is 13.2. The van der Waals surface area contributed by atoms with E-state index in [1.807, 2.05) is 18.2 Å². The van der Waals surface area contributed by atoms with Crippen LogP contribution in [0.2, 0.25) is 0 Å². The molecule has 3 aromatic rings. The number of rotatable bonds is 0. The van der Waals surface area contributed by atoms with Crippen molar-refractivity contribution in [2.24, 2.45) is 0 Å². The van der Waals surface area contributed by atoms with E-state index < -0.39 is 5.97 Å².